The van der Waals surface area contributed by atoms with Gasteiger partial charge in [-0.05, 0) is 12.8 Å². The maximum absolute atomic E-state index is 11.7. The minimum Gasteiger partial charge on any atom is -0.382 e. The molecule has 2 rings (SSSR count). The summed E-state index contributed by atoms with van der Waals surface area (Å²) in [7, 11) is 1.63. The topological polar surface area (TPSA) is 64.2 Å². The van der Waals surface area contributed by atoms with Gasteiger partial charge in [0.25, 0.3) is 5.56 Å². The zero-order valence-electron chi connectivity index (χ0n) is 11.5. The fraction of sp³-hybridized carbons (Fsp3) is 0.714. The highest BCUT2D eigenvalue weighted by atomic mass is 16.5. The molecule has 1 aromatic rings. The maximum atomic E-state index is 11.7. The van der Waals surface area contributed by atoms with Gasteiger partial charge in [0.15, 0.2) is 0 Å². The zero-order valence-corrected chi connectivity index (χ0v) is 11.5. The molecule has 0 atom stereocenters. The number of methoxy groups -OCH3 is 1. The van der Waals surface area contributed by atoms with E-state index in [4.69, 9.17) is 9.47 Å². The molecule has 1 saturated carbocycles. The summed E-state index contributed by atoms with van der Waals surface area (Å²) in [4.78, 5) is 19.1. The van der Waals surface area contributed by atoms with Crippen LogP contribution in [0.25, 0.3) is 0 Å². The predicted molar refractivity (Wildman–Crippen MR) is 72.2 cm³/mol. The van der Waals surface area contributed by atoms with Crippen molar-refractivity contribution in [2.45, 2.75) is 44.6 Å². The Hall–Kier alpha value is -1.20. The lowest BCUT2D eigenvalue weighted by molar-refractivity contribution is 0.0600. The van der Waals surface area contributed by atoms with Gasteiger partial charge in [-0.25, -0.2) is 4.98 Å². The van der Waals surface area contributed by atoms with Gasteiger partial charge in [-0.1, -0.05) is 19.3 Å². The van der Waals surface area contributed by atoms with Crippen molar-refractivity contribution < 1.29 is 9.47 Å². The Morgan fingerprint density at radius 2 is 2.11 bits per heavy atom. The van der Waals surface area contributed by atoms with Crippen molar-refractivity contribution in [3.8, 4) is 0 Å². The molecule has 1 N–H and O–H groups in total. The molecule has 1 aromatic heterocycles. The van der Waals surface area contributed by atoms with E-state index < -0.39 is 0 Å². The summed E-state index contributed by atoms with van der Waals surface area (Å²) in [5, 5.41) is 0. The molecular weight excluding hydrogens is 244 g/mol. The molecule has 1 heterocycles. The van der Waals surface area contributed by atoms with Gasteiger partial charge in [0.1, 0.15) is 5.82 Å². The lowest BCUT2D eigenvalue weighted by Gasteiger charge is -2.20. The first kappa shape index (κ1) is 14.2. The van der Waals surface area contributed by atoms with Crippen LogP contribution in [0.4, 0.5) is 0 Å². The summed E-state index contributed by atoms with van der Waals surface area (Å²) >= 11 is 0. The van der Waals surface area contributed by atoms with Crippen LogP contribution in [0.3, 0.4) is 0 Å². The van der Waals surface area contributed by atoms with E-state index in [-0.39, 0.29) is 5.56 Å². The third kappa shape index (κ3) is 4.44. The third-order valence-electron chi connectivity index (χ3n) is 3.49. The Balaban J connectivity index is 1.99. The molecule has 1 fully saturated rings. The summed E-state index contributed by atoms with van der Waals surface area (Å²) in [6.45, 7) is 1.44. The van der Waals surface area contributed by atoms with Crippen LogP contribution in [-0.2, 0) is 16.1 Å². The number of nitrogens with one attached hydrogen (secondary N) is 1. The lowest BCUT2D eigenvalue weighted by atomic mass is 9.88. The molecule has 19 heavy (non-hydrogen) atoms. The molecule has 0 aromatic carbocycles. The molecule has 0 bridgehead atoms. The van der Waals surface area contributed by atoms with Crippen LogP contribution in [-0.4, -0.2) is 30.3 Å². The summed E-state index contributed by atoms with van der Waals surface area (Å²) in [5.74, 6) is 1.23. The van der Waals surface area contributed by atoms with Crippen LogP contribution >= 0.6 is 0 Å². The first-order valence-electron chi connectivity index (χ1n) is 6.96. The van der Waals surface area contributed by atoms with Gasteiger partial charge in [0, 0.05) is 19.1 Å². The van der Waals surface area contributed by atoms with E-state index in [0.717, 1.165) is 18.7 Å². The quantitative estimate of drug-likeness (QED) is 0.800. The fourth-order valence-corrected chi connectivity index (χ4v) is 2.49. The van der Waals surface area contributed by atoms with Crippen molar-refractivity contribution in [1.82, 2.24) is 9.97 Å². The first-order valence-corrected chi connectivity index (χ1v) is 6.96. The van der Waals surface area contributed by atoms with Crippen LogP contribution in [0.5, 0.6) is 0 Å². The van der Waals surface area contributed by atoms with Crippen LogP contribution < -0.4 is 5.56 Å². The second-order valence-electron chi connectivity index (χ2n) is 5.00. The number of ether oxygens (including phenoxy) is 2. The fourth-order valence-electron chi connectivity index (χ4n) is 2.49. The average Bonchev–Trinajstić information content (AvgIpc) is 2.44. The average molecular weight is 266 g/mol. The monoisotopic (exact) mass is 266 g/mol. The minimum absolute atomic E-state index is 0.0825. The van der Waals surface area contributed by atoms with Crippen molar-refractivity contribution in [2.75, 3.05) is 20.3 Å². The molecule has 5 heteroatoms. The Morgan fingerprint density at radius 1 is 1.32 bits per heavy atom. The van der Waals surface area contributed by atoms with Crippen molar-refractivity contribution in [1.29, 1.82) is 0 Å². The van der Waals surface area contributed by atoms with Gasteiger partial charge in [-0.3, -0.25) is 4.79 Å². The standard InChI is InChI=1S/C14H22N2O3/c1-18-7-8-19-10-12-9-13(17)16-14(15-12)11-5-3-2-4-6-11/h9,11H,2-8,10H2,1H3,(H,15,16,17). The molecule has 106 valence electrons. The van der Waals surface area contributed by atoms with E-state index in [1.165, 1.54) is 25.3 Å². The molecular formula is C14H22N2O3. The summed E-state index contributed by atoms with van der Waals surface area (Å²) < 4.78 is 10.3. The molecule has 0 radical (unpaired) electrons. The molecule has 0 unspecified atom stereocenters. The predicted octanol–water partition coefficient (Wildman–Crippen LogP) is 1.98. The van der Waals surface area contributed by atoms with Gasteiger partial charge >= 0.3 is 0 Å². The second-order valence-corrected chi connectivity index (χ2v) is 5.00. The highest BCUT2D eigenvalue weighted by Crippen LogP contribution is 2.30. The van der Waals surface area contributed by atoms with E-state index >= 15 is 0 Å². The largest absolute Gasteiger partial charge is 0.382 e. The number of hydrogen-bond acceptors (Lipinski definition) is 4. The SMILES string of the molecule is COCCOCc1cc(=O)[nH]c(C2CCCCC2)n1. The van der Waals surface area contributed by atoms with E-state index in [2.05, 4.69) is 9.97 Å². The van der Waals surface area contributed by atoms with E-state index in [1.807, 2.05) is 0 Å². The number of hydrogen-bond donors (Lipinski definition) is 1. The summed E-state index contributed by atoms with van der Waals surface area (Å²) in [5.41, 5.74) is 0.626. The summed E-state index contributed by atoms with van der Waals surface area (Å²) in [6, 6.07) is 1.51. The van der Waals surface area contributed by atoms with Crippen molar-refractivity contribution in [2.24, 2.45) is 0 Å². The molecule has 1 aliphatic carbocycles. The van der Waals surface area contributed by atoms with Gasteiger partial charge in [0.2, 0.25) is 0 Å². The van der Waals surface area contributed by atoms with Crippen molar-refractivity contribution in [3.63, 3.8) is 0 Å². The first-order chi connectivity index (χ1) is 9.29. The maximum Gasteiger partial charge on any atom is 0.251 e. The normalized spacial score (nSPS) is 16.7. The highest BCUT2D eigenvalue weighted by molar-refractivity contribution is 5.06. The van der Waals surface area contributed by atoms with Crippen LogP contribution in [0, 0.1) is 0 Å². The van der Waals surface area contributed by atoms with Crippen molar-refractivity contribution in [3.05, 3.63) is 27.9 Å². The molecule has 0 saturated heterocycles. The number of aromatic amines is 1. The van der Waals surface area contributed by atoms with Crippen LogP contribution in [0.15, 0.2) is 10.9 Å². The highest BCUT2D eigenvalue weighted by Gasteiger charge is 2.18. The molecule has 0 aliphatic heterocycles. The van der Waals surface area contributed by atoms with Gasteiger partial charge in [-0.2, -0.15) is 0 Å². The van der Waals surface area contributed by atoms with Crippen LogP contribution in [0.2, 0.25) is 0 Å². The Labute approximate surface area is 113 Å². The van der Waals surface area contributed by atoms with E-state index in [9.17, 15) is 4.79 Å². The minimum atomic E-state index is -0.0825. The van der Waals surface area contributed by atoms with Crippen LogP contribution in [0.1, 0.15) is 49.5 Å². The number of H-pyrrole nitrogens is 1. The molecule has 0 spiro atoms. The third-order valence-corrected chi connectivity index (χ3v) is 3.49. The smallest absolute Gasteiger partial charge is 0.251 e. The summed E-state index contributed by atoms with van der Waals surface area (Å²) in [6.07, 6.45) is 5.99. The lowest BCUT2D eigenvalue weighted by Crippen LogP contribution is -2.18. The van der Waals surface area contributed by atoms with Crippen molar-refractivity contribution >= 4 is 0 Å². The Kier molecular flexibility index (Phi) is 5.54. The number of rotatable bonds is 6. The number of nitrogens with zero attached hydrogens (tertiary/aromatic N) is 1. The molecule has 1 aliphatic rings. The van der Waals surface area contributed by atoms with E-state index in [1.54, 1.807) is 7.11 Å². The van der Waals surface area contributed by atoms with E-state index in [0.29, 0.717) is 31.4 Å². The second kappa shape index (κ2) is 7.40. The zero-order chi connectivity index (χ0) is 13.5. The van der Waals surface area contributed by atoms with Gasteiger partial charge in [-0.15, -0.1) is 0 Å². The molecule has 0 amide bonds. The molecule has 5 nitrogen and oxygen atoms in total. The number of aromatic nitrogens is 2. The van der Waals surface area contributed by atoms with Gasteiger partial charge in [0.05, 0.1) is 25.5 Å². The Morgan fingerprint density at radius 3 is 2.84 bits per heavy atom. The Bertz CT molecular complexity index is 439. The van der Waals surface area contributed by atoms with Gasteiger partial charge < -0.3 is 14.5 Å².